The molecule has 1 aromatic carbocycles. The lowest BCUT2D eigenvalue weighted by Gasteiger charge is -2.34. The van der Waals surface area contributed by atoms with Gasteiger partial charge < -0.3 is 19.9 Å². The van der Waals surface area contributed by atoms with Crippen molar-refractivity contribution in [2.75, 3.05) is 44.7 Å². The van der Waals surface area contributed by atoms with Crippen LogP contribution in [0.1, 0.15) is 12.0 Å². The molecule has 1 aliphatic rings. The number of ether oxygens (including phenoxy) is 1. The summed E-state index contributed by atoms with van der Waals surface area (Å²) in [6.07, 6.45) is 4.00. The maximum atomic E-state index is 12.4. The van der Waals surface area contributed by atoms with Crippen LogP contribution in [0.5, 0.6) is 5.75 Å². The number of amides is 1. The van der Waals surface area contributed by atoms with Crippen molar-refractivity contribution < 1.29 is 9.53 Å². The first-order chi connectivity index (χ1) is 12.8. The molecular weight excluding hydrogens is 330 g/mol. The van der Waals surface area contributed by atoms with Crippen molar-refractivity contribution in [1.29, 1.82) is 0 Å². The van der Waals surface area contributed by atoms with Gasteiger partial charge >= 0.3 is 0 Å². The summed E-state index contributed by atoms with van der Waals surface area (Å²) in [5.41, 5.74) is 1.18. The molecule has 0 bridgehead atoms. The summed E-state index contributed by atoms with van der Waals surface area (Å²) in [5, 5.41) is 3.33. The first kappa shape index (κ1) is 18.1. The predicted octanol–water partition coefficient (Wildman–Crippen LogP) is 1.31. The van der Waals surface area contributed by atoms with Crippen molar-refractivity contribution in [2.45, 2.75) is 13.0 Å². The Morgan fingerprint density at radius 1 is 1.12 bits per heavy atom. The molecule has 0 aliphatic carbocycles. The minimum atomic E-state index is 0.195. The van der Waals surface area contributed by atoms with Gasteiger partial charge in [0.2, 0.25) is 11.9 Å². The molecule has 1 aliphatic heterocycles. The van der Waals surface area contributed by atoms with Crippen LogP contribution in [-0.4, -0.2) is 60.6 Å². The molecule has 7 nitrogen and oxygen atoms in total. The van der Waals surface area contributed by atoms with Gasteiger partial charge in [0.1, 0.15) is 5.75 Å². The van der Waals surface area contributed by atoms with Crippen molar-refractivity contribution in [2.24, 2.45) is 0 Å². The highest BCUT2D eigenvalue weighted by atomic mass is 16.5. The molecular formula is C19H25N5O2. The zero-order chi connectivity index (χ0) is 18.2. The highest BCUT2D eigenvalue weighted by Crippen LogP contribution is 2.12. The molecule has 0 saturated carbocycles. The number of anilines is 1. The van der Waals surface area contributed by atoms with Gasteiger partial charge in [-0.05, 0) is 23.8 Å². The second-order valence-electron chi connectivity index (χ2n) is 6.19. The lowest BCUT2D eigenvalue weighted by Crippen LogP contribution is -2.49. The normalized spacial score (nSPS) is 14.3. The van der Waals surface area contributed by atoms with E-state index in [1.54, 1.807) is 19.5 Å². The number of hydrogen-bond donors (Lipinski definition) is 1. The zero-order valence-corrected chi connectivity index (χ0v) is 15.1. The highest BCUT2D eigenvalue weighted by Gasteiger charge is 2.21. The number of benzene rings is 1. The van der Waals surface area contributed by atoms with Crippen molar-refractivity contribution in [3.63, 3.8) is 0 Å². The van der Waals surface area contributed by atoms with Crippen molar-refractivity contribution in [3.05, 3.63) is 48.3 Å². The molecule has 0 radical (unpaired) electrons. The van der Waals surface area contributed by atoms with E-state index in [0.29, 0.717) is 13.0 Å². The number of piperazine rings is 1. The summed E-state index contributed by atoms with van der Waals surface area (Å²) in [7, 11) is 1.66. The average molecular weight is 355 g/mol. The van der Waals surface area contributed by atoms with E-state index in [1.165, 1.54) is 5.56 Å². The molecule has 3 rings (SSSR count). The van der Waals surface area contributed by atoms with Gasteiger partial charge in [-0.25, -0.2) is 9.97 Å². The summed E-state index contributed by atoms with van der Waals surface area (Å²) in [4.78, 5) is 24.9. The van der Waals surface area contributed by atoms with E-state index in [1.807, 2.05) is 35.2 Å². The summed E-state index contributed by atoms with van der Waals surface area (Å²) >= 11 is 0. The standard InChI is InChI=1S/C19H25N5O2/c1-26-17-5-3-16(4-6-17)15-20-10-7-18(25)23-11-13-24(14-12-23)19-21-8-2-9-22-19/h2-6,8-9,20H,7,10-15H2,1H3. The topological polar surface area (TPSA) is 70.6 Å². The number of methoxy groups -OCH3 is 1. The number of hydrogen-bond acceptors (Lipinski definition) is 6. The second-order valence-corrected chi connectivity index (χ2v) is 6.19. The molecule has 2 aromatic rings. The van der Waals surface area contributed by atoms with Gasteiger partial charge in [-0.2, -0.15) is 0 Å². The van der Waals surface area contributed by atoms with Crippen LogP contribution in [0.15, 0.2) is 42.7 Å². The van der Waals surface area contributed by atoms with Crippen LogP contribution in [0, 0.1) is 0 Å². The Hall–Kier alpha value is -2.67. The van der Waals surface area contributed by atoms with E-state index in [9.17, 15) is 4.79 Å². The van der Waals surface area contributed by atoms with E-state index in [2.05, 4.69) is 20.2 Å². The molecule has 7 heteroatoms. The third-order valence-corrected chi connectivity index (χ3v) is 4.47. The van der Waals surface area contributed by atoms with Crippen LogP contribution in [0.25, 0.3) is 0 Å². The SMILES string of the molecule is COc1ccc(CNCCC(=O)N2CCN(c3ncccn3)CC2)cc1. The minimum Gasteiger partial charge on any atom is -0.497 e. The average Bonchev–Trinajstić information content (AvgIpc) is 2.72. The van der Waals surface area contributed by atoms with Crippen LogP contribution in [-0.2, 0) is 11.3 Å². The number of carbonyl (C=O) groups excluding carboxylic acids is 1. The summed E-state index contributed by atoms with van der Waals surface area (Å²) in [6, 6.07) is 9.75. The Morgan fingerprint density at radius 3 is 2.46 bits per heavy atom. The fraction of sp³-hybridized carbons (Fsp3) is 0.421. The molecule has 2 heterocycles. The third-order valence-electron chi connectivity index (χ3n) is 4.47. The number of aromatic nitrogens is 2. The van der Waals surface area contributed by atoms with Gasteiger partial charge in [-0.3, -0.25) is 4.79 Å². The van der Waals surface area contributed by atoms with Crippen LogP contribution < -0.4 is 15.0 Å². The highest BCUT2D eigenvalue weighted by molar-refractivity contribution is 5.76. The third kappa shape index (κ3) is 4.92. The largest absolute Gasteiger partial charge is 0.497 e. The Morgan fingerprint density at radius 2 is 1.81 bits per heavy atom. The molecule has 138 valence electrons. The molecule has 1 aromatic heterocycles. The van der Waals surface area contributed by atoms with E-state index < -0.39 is 0 Å². The second kappa shape index (κ2) is 9.15. The minimum absolute atomic E-state index is 0.195. The van der Waals surface area contributed by atoms with E-state index in [-0.39, 0.29) is 5.91 Å². The lowest BCUT2D eigenvalue weighted by atomic mass is 10.2. The van der Waals surface area contributed by atoms with Gasteiger partial charge in [0.05, 0.1) is 7.11 Å². The summed E-state index contributed by atoms with van der Waals surface area (Å²) in [6.45, 7) is 4.40. The maximum absolute atomic E-state index is 12.4. The first-order valence-electron chi connectivity index (χ1n) is 8.89. The Kier molecular flexibility index (Phi) is 6.38. The molecule has 0 spiro atoms. The Labute approximate surface area is 154 Å². The van der Waals surface area contributed by atoms with Gasteiger partial charge in [-0.15, -0.1) is 0 Å². The van der Waals surface area contributed by atoms with E-state index in [0.717, 1.165) is 44.4 Å². The van der Waals surface area contributed by atoms with Crippen LogP contribution in [0.4, 0.5) is 5.95 Å². The number of nitrogens with zero attached hydrogens (tertiary/aromatic N) is 4. The molecule has 1 amide bonds. The molecule has 0 unspecified atom stereocenters. The van der Waals surface area contributed by atoms with Crippen LogP contribution in [0.3, 0.4) is 0 Å². The summed E-state index contributed by atoms with van der Waals surface area (Å²) < 4.78 is 5.15. The van der Waals surface area contributed by atoms with Crippen molar-refractivity contribution in [1.82, 2.24) is 20.2 Å². The molecule has 0 atom stereocenters. The van der Waals surface area contributed by atoms with Crippen LogP contribution >= 0.6 is 0 Å². The Balaban J connectivity index is 1.35. The van der Waals surface area contributed by atoms with Crippen molar-refractivity contribution in [3.8, 4) is 5.75 Å². The van der Waals surface area contributed by atoms with Gasteiger partial charge in [0, 0.05) is 58.1 Å². The smallest absolute Gasteiger partial charge is 0.225 e. The van der Waals surface area contributed by atoms with E-state index in [4.69, 9.17) is 4.74 Å². The molecule has 1 saturated heterocycles. The lowest BCUT2D eigenvalue weighted by molar-refractivity contribution is -0.131. The van der Waals surface area contributed by atoms with Gasteiger partial charge in [0.25, 0.3) is 0 Å². The predicted molar refractivity (Wildman–Crippen MR) is 100 cm³/mol. The molecule has 26 heavy (non-hydrogen) atoms. The number of rotatable bonds is 7. The van der Waals surface area contributed by atoms with Crippen molar-refractivity contribution >= 4 is 11.9 Å². The number of nitrogens with one attached hydrogen (secondary N) is 1. The van der Waals surface area contributed by atoms with Gasteiger partial charge in [-0.1, -0.05) is 12.1 Å². The molecule has 1 fully saturated rings. The van der Waals surface area contributed by atoms with Crippen LogP contribution in [0.2, 0.25) is 0 Å². The number of carbonyl (C=O) groups is 1. The molecule has 1 N–H and O–H groups in total. The fourth-order valence-electron chi connectivity index (χ4n) is 2.94. The monoisotopic (exact) mass is 355 g/mol. The van der Waals surface area contributed by atoms with Gasteiger partial charge in [0.15, 0.2) is 0 Å². The zero-order valence-electron chi connectivity index (χ0n) is 15.1. The first-order valence-corrected chi connectivity index (χ1v) is 8.89. The fourth-order valence-corrected chi connectivity index (χ4v) is 2.94. The summed E-state index contributed by atoms with van der Waals surface area (Å²) in [5.74, 6) is 1.78. The maximum Gasteiger partial charge on any atom is 0.225 e. The quantitative estimate of drug-likeness (QED) is 0.756. The Bertz CT molecular complexity index is 685. The van der Waals surface area contributed by atoms with E-state index >= 15 is 0 Å².